The summed E-state index contributed by atoms with van der Waals surface area (Å²) >= 11 is 0. The Morgan fingerprint density at radius 3 is 2.85 bits per heavy atom. The molecule has 1 saturated carbocycles. The third kappa shape index (κ3) is 1.49. The molecular formula is C10H18N2O. The second-order valence-electron chi connectivity index (χ2n) is 4.81. The first kappa shape index (κ1) is 8.21. The molecule has 3 heteroatoms. The lowest BCUT2D eigenvalue weighted by Crippen LogP contribution is -2.47. The zero-order valence-corrected chi connectivity index (χ0v) is 7.98. The lowest BCUT2D eigenvalue weighted by molar-refractivity contribution is -0.0581. The van der Waals surface area contributed by atoms with Gasteiger partial charge >= 0.3 is 0 Å². The topological polar surface area (TPSA) is 38.5 Å². The highest BCUT2D eigenvalue weighted by Gasteiger charge is 2.41. The van der Waals surface area contributed by atoms with Crippen molar-refractivity contribution in [3.8, 4) is 0 Å². The number of rotatable bonds is 1. The lowest BCUT2D eigenvalue weighted by Gasteiger charge is -2.35. The zero-order chi connectivity index (χ0) is 8.84. The number of morpholine rings is 1. The van der Waals surface area contributed by atoms with E-state index in [2.05, 4.69) is 4.90 Å². The highest BCUT2D eigenvalue weighted by Crippen LogP contribution is 2.37. The number of hydrogen-bond donors (Lipinski definition) is 1. The van der Waals surface area contributed by atoms with Crippen LogP contribution in [0.5, 0.6) is 0 Å². The van der Waals surface area contributed by atoms with Crippen molar-refractivity contribution >= 4 is 0 Å². The van der Waals surface area contributed by atoms with Crippen LogP contribution in [0.3, 0.4) is 0 Å². The number of ether oxygens (including phenoxy) is 1. The largest absolute Gasteiger partial charge is 0.375 e. The first-order chi connectivity index (χ1) is 6.33. The van der Waals surface area contributed by atoms with E-state index in [0.717, 1.165) is 32.0 Å². The van der Waals surface area contributed by atoms with E-state index in [-0.39, 0.29) is 0 Å². The van der Waals surface area contributed by atoms with Crippen LogP contribution in [0.1, 0.15) is 19.3 Å². The molecule has 3 fully saturated rings. The van der Waals surface area contributed by atoms with E-state index in [1.807, 2.05) is 0 Å². The standard InChI is InChI=1S/C10H18N2O/c11-8-3-9-6-13-10(7-1-2-7)5-12(9)4-8/h7-10H,1-6,11H2/t8-,9+,10+/m1/s1. The molecule has 0 spiro atoms. The quantitative estimate of drug-likeness (QED) is 0.629. The molecule has 3 aliphatic rings. The SMILES string of the molecule is N[C@@H]1C[C@H]2CO[C@H](C3CC3)CN2C1. The van der Waals surface area contributed by atoms with Gasteiger partial charge in [-0.1, -0.05) is 0 Å². The molecule has 3 atom stereocenters. The van der Waals surface area contributed by atoms with Crippen LogP contribution in [0.4, 0.5) is 0 Å². The van der Waals surface area contributed by atoms with Gasteiger partial charge in [-0.25, -0.2) is 0 Å². The monoisotopic (exact) mass is 182 g/mol. The van der Waals surface area contributed by atoms with E-state index in [0.29, 0.717) is 18.2 Å². The van der Waals surface area contributed by atoms with Crippen LogP contribution in [-0.2, 0) is 4.74 Å². The van der Waals surface area contributed by atoms with Gasteiger partial charge in [0.05, 0.1) is 12.7 Å². The fraction of sp³-hybridized carbons (Fsp3) is 1.00. The average Bonchev–Trinajstić information content (AvgIpc) is 2.87. The summed E-state index contributed by atoms with van der Waals surface area (Å²) in [5.41, 5.74) is 5.93. The van der Waals surface area contributed by atoms with Gasteiger partial charge < -0.3 is 10.5 Å². The maximum absolute atomic E-state index is 5.93. The van der Waals surface area contributed by atoms with E-state index in [9.17, 15) is 0 Å². The van der Waals surface area contributed by atoms with Crippen molar-refractivity contribution in [1.29, 1.82) is 0 Å². The van der Waals surface area contributed by atoms with Crippen molar-refractivity contribution in [3.05, 3.63) is 0 Å². The Morgan fingerprint density at radius 1 is 1.23 bits per heavy atom. The molecule has 2 N–H and O–H groups in total. The molecule has 0 amide bonds. The summed E-state index contributed by atoms with van der Waals surface area (Å²) in [7, 11) is 0. The highest BCUT2D eigenvalue weighted by atomic mass is 16.5. The lowest BCUT2D eigenvalue weighted by atomic mass is 10.1. The molecule has 2 aliphatic heterocycles. The maximum Gasteiger partial charge on any atom is 0.0731 e. The van der Waals surface area contributed by atoms with Crippen molar-refractivity contribution in [2.75, 3.05) is 19.7 Å². The fourth-order valence-electron chi connectivity index (χ4n) is 2.69. The van der Waals surface area contributed by atoms with Crippen molar-refractivity contribution in [1.82, 2.24) is 4.90 Å². The Balaban J connectivity index is 1.64. The number of hydrogen-bond acceptors (Lipinski definition) is 3. The summed E-state index contributed by atoms with van der Waals surface area (Å²) in [6.45, 7) is 3.16. The molecule has 74 valence electrons. The second kappa shape index (κ2) is 2.94. The van der Waals surface area contributed by atoms with Crippen LogP contribution in [0.15, 0.2) is 0 Å². The van der Waals surface area contributed by atoms with E-state index >= 15 is 0 Å². The third-order valence-corrected chi connectivity index (χ3v) is 3.63. The number of nitrogens with zero attached hydrogens (tertiary/aromatic N) is 1. The predicted octanol–water partition coefficient (Wildman–Crippen LogP) is 0.197. The molecule has 2 heterocycles. The molecule has 3 nitrogen and oxygen atoms in total. The molecule has 1 aliphatic carbocycles. The van der Waals surface area contributed by atoms with E-state index in [1.165, 1.54) is 12.8 Å². The summed E-state index contributed by atoms with van der Waals surface area (Å²) in [6, 6.07) is 1.02. The van der Waals surface area contributed by atoms with Crippen LogP contribution in [-0.4, -0.2) is 42.8 Å². The summed E-state index contributed by atoms with van der Waals surface area (Å²) < 4.78 is 5.87. The Morgan fingerprint density at radius 2 is 2.08 bits per heavy atom. The van der Waals surface area contributed by atoms with Gasteiger partial charge in [-0.15, -0.1) is 0 Å². The summed E-state index contributed by atoms with van der Waals surface area (Å²) in [5, 5.41) is 0. The molecule has 0 aromatic heterocycles. The van der Waals surface area contributed by atoms with Crippen LogP contribution >= 0.6 is 0 Å². The summed E-state index contributed by atoms with van der Waals surface area (Å²) in [4.78, 5) is 2.54. The molecule has 0 bridgehead atoms. The van der Waals surface area contributed by atoms with Crippen molar-refractivity contribution in [3.63, 3.8) is 0 Å². The van der Waals surface area contributed by atoms with E-state index in [1.54, 1.807) is 0 Å². The molecule has 0 unspecified atom stereocenters. The van der Waals surface area contributed by atoms with Crippen molar-refractivity contribution in [2.24, 2.45) is 11.7 Å². The van der Waals surface area contributed by atoms with Gasteiger partial charge in [0.1, 0.15) is 0 Å². The minimum absolute atomic E-state index is 0.395. The summed E-state index contributed by atoms with van der Waals surface area (Å²) in [6.07, 6.45) is 4.43. The number of fused-ring (bicyclic) bond motifs is 1. The van der Waals surface area contributed by atoms with Gasteiger partial charge in [0.15, 0.2) is 0 Å². The predicted molar refractivity (Wildman–Crippen MR) is 50.4 cm³/mol. The Bertz CT molecular complexity index is 205. The highest BCUT2D eigenvalue weighted by molar-refractivity contribution is 4.95. The van der Waals surface area contributed by atoms with Crippen molar-refractivity contribution in [2.45, 2.75) is 37.5 Å². The fourth-order valence-corrected chi connectivity index (χ4v) is 2.69. The molecular weight excluding hydrogens is 164 g/mol. The van der Waals surface area contributed by atoms with Gasteiger partial charge in [0.2, 0.25) is 0 Å². The second-order valence-corrected chi connectivity index (χ2v) is 4.81. The minimum Gasteiger partial charge on any atom is -0.375 e. The van der Waals surface area contributed by atoms with Crippen molar-refractivity contribution < 1.29 is 4.74 Å². The van der Waals surface area contributed by atoms with Gasteiger partial charge in [-0.05, 0) is 25.2 Å². The van der Waals surface area contributed by atoms with Crippen LogP contribution in [0.25, 0.3) is 0 Å². The maximum atomic E-state index is 5.93. The molecule has 0 radical (unpaired) electrons. The molecule has 2 saturated heterocycles. The van der Waals surface area contributed by atoms with Crippen LogP contribution in [0.2, 0.25) is 0 Å². The summed E-state index contributed by atoms with van der Waals surface area (Å²) in [5.74, 6) is 0.873. The van der Waals surface area contributed by atoms with Gasteiger partial charge in [0.25, 0.3) is 0 Å². The molecule has 13 heavy (non-hydrogen) atoms. The first-order valence-corrected chi connectivity index (χ1v) is 5.44. The van der Waals surface area contributed by atoms with Crippen LogP contribution < -0.4 is 5.73 Å². The molecule has 0 aromatic rings. The van der Waals surface area contributed by atoms with E-state index in [4.69, 9.17) is 10.5 Å². The third-order valence-electron chi connectivity index (χ3n) is 3.63. The van der Waals surface area contributed by atoms with E-state index < -0.39 is 0 Å². The smallest absolute Gasteiger partial charge is 0.0731 e. The Hall–Kier alpha value is -0.120. The Labute approximate surface area is 79.2 Å². The average molecular weight is 182 g/mol. The Kier molecular flexibility index (Phi) is 1.86. The normalized spacial score (nSPS) is 46.4. The molecule has 3 rings (SSSR count). The zero-order valence-electron chi connectivity index (χ0n) is 7.98. The van der Waals surface area contributed by atoms with Gasteiger partial charge in [-0.2, -0.15) is 0 Å². The van der Waals surface area contributed by atoms with Gasteiger partial charge in [0, 0.05) is 25.2 Å². The molecule has 0 aromatic carbocycles. The van der Waals surface area contributed by atoms with Gasteiger partial charge in [-0.3, -0.25) is 4.90 Å². The first-order valence-electron chi connectivity index (χ1n) is 5.44. The number of nitrogens with two attached hydrogens (primary N) is 1. The van der Waals surface area contributed by atoms with Crippen LogP contribution in [0, 0.1) is 5.92 Å². The minimum atomic E-state index is 0.395.